The largest absolute Gasteiger partial charge is 0.497 e. The SMILES string of the molecule is COc1cccc(C2CC(O)CN2C(=O)CC2(CS(C)(=O)=O)CC2)c1. The number of ether oxygens (including phenoxy) is 1. The molecule has 6 nitrogen and oxygen atoms in total. The second-order valence-electron chi connectivity index (χ2n) is 7.47. The maximum Gasteiger partial charge on any atom is 0.223 e. The number of rotatable bonds is 6. The van der Waals surface area contributed by atoms with Crippen LogP contribution in [0.25, 0.3) is 0 Å². The molecule has 1 aromatic carbocycles. The van der Waals surface area contributed by atoms with Crippen molar-refractivity contribution in [2.75, 3.05) is 25.7 Å². The van der Waals surface area contributed by atoms with Gasteiger partial charge in [0.05, 0.1) is 25.0 Å². The summed E-state index contributed by atoms with van der Waals surface area (Å²) in [6, 6.07) is 7.31. The molecule has 0 spiro atoms. The lowest BCUT2D eigenvalue weighted by Gasteiger charge is -2.27. The van der Waals surface area contributed by atoms with Crippen molar-refractivity contribution in [3.8, 4) is 5.75 Å². The maximum atomic E-state index is 12.9. The molecular formula is C18H25NO5S. The molecule has 1 saturated carbocycles. The first-order valence-corrected chi connectivity index (χ1v) is 10.6. The van der Waals surface area contributed by atoms with Crippen LogP contribution < -0.4 is 4.74 Å². The molecular weight excluding hydrogens is 342 g/mol. The molecule has 1 saturated heterocycles. The van der Waals surface area contributed by atoms with Crippen molar-refractivity contribution in [2.24, 2.45) is 5.41 Å². The van der Waals surface area contributed by atoms with Gasteiger partial charge >= 0.3 is 0 Å². The molecule has 2 unspecified atom stereocenters. The lowest BCUT2D eigenvalue weighted by atomic mass is 10.0. The van der Waals surface area contributed by atoms with Crippen LogP contribution in [0.4, 0.5) is 0 Å². The summed E-state index contributed by atoms with van der Waals surface area (Å²) >= 11 is 0. The summed E-state index contributed by atoms with van der Waals surface area (Å²) in [7, 11) is -1.52. The summed E-state index contributed by atoms with van der Waals surface area (Å²) in [5, 5.41) is 10.1. The van der Waals surface area contributed by atoms with Crippen LogP contribution in [0.1, 0.15) is 37.3 Å². The molecule has 0 bridgehead atoms. The average Bonchev–Trinajstić information content (AvgIpc) is 3.14. The van der Waals surface area contributed by atoms with Gasteiger partial charge in [0.25, 0.3) is 0 Å². The van der Waals surface area contributed by atoms with E-state index in [1.165, 1.54) is 6.26 Å². The van der Waals surface area contributed by atoms with Crippen LogP contribution in [0.5, 0.6) is 5.75 Å². The zero-order valence-corrected chi connectivity index (χ0v) is 15.5. The zero-order chi connectivity index (χ0) is 18.2. The van der Waals surface area contributed by atoms with Gasteiger partial charge in [-0.05, 0) is 42.4 Å². The Labute approximate surface area is 148 Å². The molecule has 1 aliphatic carbocycles. The molecule has 1 heterocycles. The molecule has 1 amide bonds. The average molecular weight is 367 g/mol. The number of aliphatic hydroxyl groups is 1. The van der Waals surface area contributed by atoms with E-state index in [2.05, 4.69) is 0 Å². The third-order valence-corrected chi connectivity index (χ3v) is 6.27. The number of likely N-dealkylation sites (tertiary alicyclic amines) is 1. The molecule has 0 radical (unpaired) electrons. The van der Waals surface area contributed by atoms with E-state index in [4.69, 9.17) is 4.74 Å². The molecule has 1 N–H and O–H groups in total. The molecule has 1 aliphatic heterocycles. The van der Waals surface area contributed by atoms with E-state index < -0.39 is 21.4 Å². The Morgan fingerprint density at radius 2 is 2.12 bits per heavy atom. The summed E-state index contributed by atoms with van der Waals surface area (Å²) in [6.45, 7) is 0.287. The molecule has 3 rings (SSSR count). The van der Waals surface area contributed by atoms with Crippen LogP contribution in [0.3, 0.4) is 0 Å². The Kier molecular flexibility index (Phi) is 4.81. The van der Waals surface area contributed by atoms with Gasteiger partial charge in [0.1, 0.15) is 15.6 Å². The Hall–Kier alpha value is -1.60. The van der Waals surface area contributed by atoms with Gasteiger partial charge in [0, 0.05) is 19.2 Å². The molecule has 2 atom stereocenters. The third kappa shape index (κ3) is 4.33. The molecule has 7 heteroatoms. The fourth-order valence-corrected chi connectivity index (χ4v) is 5.28. The van der Waals surface area contributed by atoms with Gasteiger partial charge in [-0.3, -0.25) is 4.79 Å². The summed E-state index contributed by atoms with van der Waals surface area (Å²) in [5.41, 5.74) is 0.522. The number of carbonyl (C=O) groups is 1. The summed E-state index contributed by atoms with van der Waals surface area (Å²) in [6.07, 6.45) is 2.91. The lowest BCUT2D eigenvalue weighted by molar-refractivity contribution is -0.133. The first-order chi connectivity index (χ1) is 11.7. The number of aliphatic hydroxyl groups excluding tert-OH is 1. The monoisotopic (exact) mass is 367 g/mol. The first kappa shape index (κ1) is 18.2. The molecule has 2 aliphatic rings. The van der Waals surface area contributed by atoms with Crippen molar-refractivity contribution in [1.82, 2.24) is 4.90 Å². The van der Waals surface area contributed by atoms with Crippen LogP contribution in [0.2, 0.25) is 0 Å². The van der Waals surface area contributed by atoms with E-state index >= 15 is 0 Å². The molecule has 1 aromatic rings. The van der Waals surface area contributed by atoms with E-state index in [1.807, 2.05) is 24.3 Å². The smallest absolute Gasteiger partial charge is 0.223 e. The van der Waals surface area contributed by atoms with Crippen molar-refractivity contribution in [2.45, 2.75) is 37.8 Å². The fourth-order valence-electron chi connectivity index (χ4n) is 3.78. The predicted octanol–water partition coefficient (Wildman–Crippen LogP) is 1.54. The number of sulfone groups is 1. The van der Waals surface area contributed by atoms with Gasteiger partial charge < -0.3 is 14.7 Å². The normalized spacial score (nSPS) is 25.0. The second-order valence-corrected chi connectivity index (χ2v) is 9.62. The van der Waals surface area contributed by atoms with E-state index in [0.29, 0.717) is 12.2 Å². The topological polar surface area (TPSA) is 83.9 Å². The number of carbonyl (C=O) groups excluding carboxylic acids is 1. The number of benzene rings is 1. The van der Waals surface area contributed by atoms with Gasteiger partial charge in [0.15, 0.2) is 0 Å². The number of hydrogen-bond donors (Lipinski definition) is 1. The van der Waals surface area contributed by atoms with Crippen LogP contribution in [-0.2, 0) is 14.6 Å². The van der Waals surface area contributed by atoms with E-state index in [1.54, 1.807) is 12.0 Å². The number of nitrogens with zero attached hydrogens (tertiary/aromatic N) is 1. The maximum absolute atomic E-state index is 12.9. The molecule has 0 aromatic heterocycles. The quantitative estimate of drug-likeness (QED) is 0.825. The molecule has 2 fully saturated rings. The predicted molar refractivity (Wildman–Crippen MR) is 94.1 cm³/mol. The highest BCUT2D eigenvalue weighted by Gasteiger charge is 2.48. The van der Waals surface area contributed by atoms with Gasteiger partial charge in [-0.25, -0.2) is 8.42 Å². The van der Waals surface area contributed by atoms with Crippen LogP contribution in [0.15, 0.2) is 24.3 Å². The summed E-state index contributed by atoms with van der Waals surface area (Å²) in [5.74, 6) is 0.693. The van der Waals surface area contributed by atoms with E-state index in [0.717, 1.165) is 18.4 Å². The van der Waals surface area contributed by atoms with Gasteiger partial charge in [-0.15, -0.1) is 0 Å². The minimum Gasteiger partial charge on any atom is -0.497 e. The summed E-state index contributed by atoms with van der Waals surface area (Å²) in [4.78, 5) is 14.6. The van der Waals surface area contributed by atoms with Crippen molar-refractivity contribution >= 4 is 15.7 Å². The van der Waals surface area contributed by atoms with Crippen molar-refractivity contribution in [1.29, 1.82) is 0 Å². The van der Waals surface area contributed by atoms with Crippen LogP contribution in [0, 0.1) is 5.41 Å². The van der Waals surface area contributed by atoms with Gasteiger partial charge in [-0.2, -0.15) is 0 Å². The Morgan fingerprint density at radius 1 is 1.40 bits per heavy atom. The summed E-state index contributed by atoms with van der Waals surface area (Å²) < 4.78 is 28.5. The third-order valence-electron chi connectivity index (χ3n) is 5.13. The number of amides is 1. The van der Waals surface area contributed by atoms with E-state index in [-0.39, 0.29) is 30.7 Å². The Morgan fingerprint density at radius 3 is 2.72 bits per heavy atom. The Balaban J connectivity index is 1.76. The minimum absolute atomic E-state index is 0.0615. The standard InChI is InChI=1S/C18H25NO5S/c1-24-15-5-3-4-13(8-15)16-9-14(20)11-19(16)17(21)10-18(6-7-18)12-25(2,22)23/h3-5,8,14,16,20H,6-7,9-12H2,1-2H3. The van der Waals surface area contributed by atoms with Crippen molar-refractivity contribution < 1.29 is 23.1 Å². The number of hydrogen-bond acceptors (Lipinski definition) is 5. The number of methoxy groups -OCH3 is 1. The van der Waals surface area contributed by atoms with Crippen molar-refractivity contribution in [3.05, 3.63) is 29.8 Å². The fraction of sp³-hybridized carbons (Fsp3) is 0.611. The zero-order valence-electron chi connectivity index (χ0n) is 14.6. The minimum atomic E-state index is -3.11. The van der Waals surface area contributed by atoms with Crippen LogP contribution >= 0.6 is 0 Å². The van der Waals surface area contributed by atoms with Gasteiger partial charge in [-0.1, -0.05) is 12.1 Å². The van der Waals surface area contributed by atoms with Crippen LogP contribution in [-0.4, -0.2) is 56.1 Å². The number of β-amino-alcohol motifs (C(OH)–C–C–N with tert-alkyl or cyclic N) is 1. The lowest BCUT2D eigenvalue weighted by Crippen LogP contribution is -2.34. The molecule has 138 valence electrons. The molecule has 25 heavy (non-hydrogen) atoms. The van der Waals surface area contributed by atoms with Gasteiger partial charge in [0.2, 0.25) is 5.91 Å². The Bertz CT molecular complexity index is 756. The second kappa shape index (κ2) is 6.61. The highest BCUT2D eigenvalue weighted by Crippen LogP contribution is 2.50. The van der Waals surface area contributed by atoms with Crippen molar-refractivity contribution in [3.63, 3.8) is 0 Å². The highest BCUT2D eigenvalue weighted by atomic mass is 32.2. The highest BCUT2D eigenvalue weighted by molar-refractivity contribution is 7.90. The van der Waals surface area contributed by atoms with E-state index in [9.17, 15) is 18.3 Å². The first-order valence-electron chi connectivity index (χ1n) is 8.51.